The second-order valence-electron chi connectivity index (χ2n) is 6.50. The van der Waals surface area contributed by atoms with Crippen LogP contribution in [0.2, 0.25) is 10.0 Å². The SMILES string of the molecule is Cc1cc(C)cc(OCc2nnc(SCC(=O)Nc3c(Cl)cccc3Cl)n2C)c1. The number of carbonyl (C=O) groups is 1. The van der Waals surface area contributed by atoms with Crippen molar-refractivity contribution in [1.29, 1.82) is 0 Å². The minimum atomic E-state index is -0.235. The van der Waals surface area contributed by atoms with Crippen LogP contribution in [0.4, 0.5) is 5.69 Å². The van der Waals surface area contributed by atoms with Crippen molar-refractivity contribution in [2.45, 2.75) is 25.6 Å². The number of aryl methyl sites for hydroxylation is 2. The Kier molecular flexibility index (Phi) is 7.05. The lowest BCUT2D eigenvalue weighted by Crippen LogP contribution is -2.15. The number of nitrogens with one attached hydrogen (secondary N) is 1. The molecule has 0 saturated heterocycles. The molecule has 0 aliphatic heterocycles. The summed E-state index contributed by atoms with van der Waals surface area (Å²) < 4.78 is 7.65. The Morgan fingerprint density at radius 3 is 2.45 bits per heavy atom. The van der Waals surface area contributed by atoms with E-state index in [1.165, 1.54) is 11.8 Å². The van der Waals surface area contributed by atoms with Gasteiger partial charge in [0.25, 0.3) is 0 Å². The molecule has 0 radical (unpaired) electrons. The topological polar surface area (TPSA) is 69.0 Å². The molecule has 0 aliphatic rings. The van der Waals surface area contributed by atoms with E-state index in [-0.39, 0.29) is 18.3 Å². The van der Waals surface area contributed by atoms with E-state index in [1.54, 1.807) is 18.2 Å². The van der Waals surface area contributed by atoms with Gasteiger partial charge in [0, 0.05) is 7.05 Å². The van der Waals surface area contributed by atoms with Gasteiger partial charge >= 0.3 is 0 Å². The average Bonchev–Trinajstić information content (AvgIpc) is 3.00. The van der Waals surface area contributed by atoms with Gasteiger partial charge in [-0.15, -0.1) is 10.2 Å². The summed E-state index contributed by atoms with van der Waals surface area (Å²) in [6.45, 7) is 4.34. The number of carbonyl (C=O) groups excluding carboxylic acids is 1. The van der Waals surface area contributed by atoms with E-state index in [1.807, 2.05) is 37.6 Å². The molecule has 1 aromatic heterocycles. The molecule has 1 N–H and O–H groups in total. The van der Waals surface area contributed by atoms with Gasteiger partial charge in [0.15, 0.2) is 11.0 Å². The van der Waals surface area contributed by atoms with E-state index in [9.17, 15) is 4.79 Å². The Labute approximate surface area is 183 Å². The fourth-order valence-corrected chi connectivity index (χ4v) is 3.91. The van der Waals surface area contributed by atoms with E-state index < -0.39 is 0 Å². The highest BCUT2D eigenvalue weighted by molar-refractivity contribution is 7.99. The lowest BCUT2D eigenvalue weighted by atomic mass is 10.1. The molecule has 1 heterocycles. The number of hydrogen-bond donors (Lipinski definition) is 1. The van der Waals surface area contributed by atoms with Crippen LogP contribution in [-0.4, -0.2) is 26.4 Å². The number of anilines is 1. The van der Waals surface area contributed by atoms with Gasteiger partial charge in [-0.2, -0.15) is 0 Å². The molecule has 0 unspecified atom stereocenters. The third-order valence-corrected chi connectivity index (χ3v) is 5.70. The zero-order valence-corrected chi connectivity index (χ0v) is 18.5. The number of hydrogen-bond acceptors (Lipinski definition) is 5. The van der Waals surface area contributed by atoms with Crippen LogP contribution in [0.25, 0.3) is 0 Å². The molecule has 2 aromatic carbocycles. The molecule has 0 spiro atoms. The second kappa shape index (κ2) is 9.52. The summed E-state index contributed by atoms with van der Waals surface area (Å²) in [5.41, 5.74) is 2.68. The first-order valence-corrected chi connectivity index (χ1v) is 10.5. The lowest BCUT2D eigenvalue weighted by Gasteiger charge is -2.09. The first-order valence-electron chi connectivity index (χ1n) is 8.79. The zero-order valence-electron chi connectivity index (χ0n) is 16.2. The lowest BCUT2D eigenvalue weighted by molar-refractivity contribution is -0.113. The van der Waals surface area contributed by atoms with Crippen LogP contribution < -0.4 is 10.1 Å². The van der Waals surface area contributed by atoms with Gasteiger partial charge in [-0.05, 0) is 49.2 Å². The summed E-state index contributed by atoms with van der Waals surface area (Å²) in [5.74, 6) is 1.36. The third-order valence-electron chi connectivity index (χ3n) is 4.05. The van der Waals surface area contributed by atoms with Crippen LogP contribution in [-0.2, 0) is 18.4 Å². The van der Waals surface area contributed by atoms with Crippen LogP contribution in [0.1, 0.15) is 17.0 Å². The quantitative estimate of drug-likeness (QED) is 0.510. The molecule has 0 atom stereocenters. The fourth-order valence-electron chi connectivity index (χ4n) is 2.68. The molecule has 3 rings (SSSR count). The van der Waals surface area contributed by atoms with Gasteiger partial charge in [-0.25, -0.2) is 0 Å². The van der Waals surface area contributed by atoms with Crippen LogP contribution in [0.3, 0.4) is 0 Å². The first-order chi connectivity index (χ1) is 13.8. The summed E-state index contributed by atoms with van der Waals surface area (Å²) in [7, 11) is 1.84. The van der Waals surface area contributed by atoms with E-state index in [4.69, 9.17) is 27.9 Å². The number of aromatic nitrogens is 3. The molecule has 29 heavy (non-hydrogen) atoms. The van der Waals surface area contributed by atoms with E-state index in [0.717, 1.165) is 16.9 Å². The van der Waals surface area contributed by atoms with Crippen LogP contribution in [0, 0.1) is 13.8 Å². The number of rotatable bonds is 7. The number of nitrogens with zero attached hydrogens (tertiary/aromatic N) is 3. The first kappa shape index (κ1) is 21.5. The third kappa shape index (κ3) is 5.65. The Morgan fingerprint density at radius 2 is 1.79 bits per heavy atom. The van der Waals surface area contributed by atoms with Crippen LogP contribution >= 0.6 is 35.0 Å². The largest absolute Gasteiger partial charge is 0.486 e. The van der Waals surface area contributed by atoms with Gasteiger partial charge in [0.2, 0.25) is 5.91 Å². The molecular weight excluding hydrogens is 431 g/mol. The zero-order chi connectivity index (χ0) is 21.0. The van der Waals surface area contributed by atoms with Gasteiger partial charge in [-0.1, -0.05) is 47.1 Å². The Hall–Kier alpha value is -2.22. The molecule has 6 nitrogen and oxygen atoms in total. The minimum absolute atomic E-state index is 0.144. The minimum Gasteiger partial charge on any atom is -0.486 e. The predicted molar refractivity (Wildman–Crippen MR) is 117 cm³/mol. The van der Waals surface area contributed by atoms with Crippen molar-refractivity contribution in [2.75, 3.05) is 11.1 Å². The summed E-state index contributed by atoms with van der Waals surface area (Å²) >= 11 is 13.4. The standard InChI is InChI=1S/C20H20Cl2N4O2S/c1-12-7-13(2)9-14(8-12)28-10-17-24-25-20(26(17)3)29-11-18(27)23-19-15(21)5-4-6-16(19)22/h4-9H,10-11H2,1-3H3,(H,23,27). The Balaban J connectivity index is 1.57. The highest BCUT2D eigenvalue weighted by Crippen LogP contribution is 2.30. The van der Waals surface area contributed by atoms with Gasteiger partial charge in [0.05, 0.1) is 21.5 Å². The highest BCUT2D eigenvalue weighted by Gasteiger charge is 2.14. The number of para-hydroxylation sites is 1. The molecule has 9 heteroatoms. The van der Waals surface area contributed by atoms with Gasteiger partial charge in [0.1, 0.15) is 12.4 Å². The van der Waals surface area contributed by atoms with Crippen molar-refractivity contribution >= 4 is 46.6 Å². The highest BCUT2D eigenvalue weighted by atomic mass is 35.5. The van der Waals surface area contributed by atoms with Gasteiger partial charge in [-0.3, -0.25) is 4.79 Å². The molecule has 0 bridgehead atoms. The Bertz CT molecular complexity index is 999. The summed E-state index contributed by atoms with van der Waals surface area (Å²) in [5, 5.41) is 12.4. The molecule has 152 valence electrons. The average molecular weight is 451 g/mol. The second-order valence-corrected chi connectivity index (χ2v) is 8.26. The maximum Gasteiger partial charge on any atom is 0.234 e. The van der Waals surface area contributed by atoms with E-state index >= 15 is 0 Å². The summed E-state index contributed by atoms with van der Waals surface area (Å²) in [6.07, 6.45) is 0. The number of thioether (sulfide) groups is 1. The summed E-state index contributed by atoms with van der Waals surface area (Å²) in [4.78, 5) is 12.3. The molecule has 0 saturated carbocycles. The number of ether oxygens (including phenoxy) is 1. The van der Waals surface area contributed by atoms with E-state index in [2.05, 4.69) is 21.6 Å². The molecule has 1 amide bonds. The Morgan fingerprint density at radius 1 is 1.14 bits per heavy atom. The summed E-state index contributed by atoms with van der Waals surface area (Å²) in [6, 6.07) is 11.1. The van der Waals surface area contributed by atoms with Crippen molar-refractivity contribution in [2.24, 2.45) is 7.05 Å². The monoisotopic (exact) mass is 450 g/mol. The van der Waals surface area contributed by atoms with Gasteiger partial charge < -0.3 is 14.6 Å². The van der Waals surface area contributed by atoms with Crippen LogP contribution in [0.5, 0.6) is 5.75 Å². The molecular formula is C20H20Cl2N4O2S. The molecule has 3 aromatic rings. The molecule has 0 fully saturated rings. The smallest absolute Gasteiger partial charge is 0.234 e. The normalized spacial score (nSPS) is 10.8. The van der Waals surface area contributed by atoms with E-state index in [0.29, 0.717) is 26.7 Å². The predicted octanol–water partition coefficient (Wildman–Crippen LogP) is 5.05. The number of amides is 1. The number of halogens is 2. The maximum absolute atomic E-state index is 12.3. The fraction of sp³-hybridized carbons (Fsp3) is 0.250. The number of benzene rings is 2. The van der Waals surface area contributed by atoms with Crippen molar-refractivity contribution in [3.8, 4) is 5.75 Å². The van der Waals surface area contributed by atoms with Crippen molar-refractivity contribution < 1.29 is 9.53 Å². The maximum atomic E-state index is 12.3. The van der Waals surface area contributed by atoms with Crippen molar-refractivity contribution in [1.82, 2.24) is 14.8 Å². The molecule has 0 aliphatic carbocycles. The van der Waals surface area contributed by atoms with Crippen molar-refractivity contribution in [3.05, 3.63) is 63.4 Å². The van der Waals surface area contributed by atoms with Crippen LogP contribution in [0.15, 0.2) is 41.6 Å². The van der Waals surface area contributed by atoms with Crippen molar-refractivity contribution in [3.63, 3.8) is 0 Å².